The first-order valence-electron chi connectivity index (χ1n) is 7.10. The van der Waals surface area contributed by atoms with Gasteiger partial charge in [0.2, 0.25) is 5.91 Å². The number of carbonyl (C=O) groups excluding carboxylic acids is 1. The molecule has 1 aliphatic heterocycles. The molecule has 1 unspecified atom stereocenters. The Balaban J connectivity index is 2.09. The Labute approximate surface area is 115 Å². The topological polar surface area (TPSA) is 46.3 Å². The Hall–Kier alpha value is -1.35. The number of hydrogen-bond acceptors (Lipinski definition) is 2. The minimum Gasteiger partial charge on any atom is -0.343 e. The SMILES string of the molecule is Cc1cc(C)c(C(N)CC(=O)N2CCCC2)cc1C. The summed E-state index contributed by atoms with van der Waals surface area (Å²) in [5.74, 6) is 0.197. The highest BCUT2D eigenvalue weighted by Crippen LogP contribution is 2.23. The standard InChI is InChI=1S/C16H24N2O/c1-11-8-13(3)14(9-12(11)2)15(17)10-16(19)18-6-4-5-7-18/h8-9,15H,4-7,10,17H2,1-3H3. The summed E-state index contributed by atoms with van der Waals surface area (Å²) in [7, 11) is 0. The van der Waals surface area contributed by atoms with E-state index in [2.05, 4.69) is 32.9 Å². The van der Waals surface area contributed by atoms with E-state index in [9.17, 15) is 4.79 Å². The average molecular weight is 260 g/mol. The molecule has 1 heterocycles. The molecule has 1 aromatic carbocycles. The van der Waals surface area contributed by atoms with Gasteiger partial charge in [0.05, 0.1) is 0 Å². The number of benzene rings is 1. The largest absolute Gasteiger partial charge is 0.343 e. The maximum Gasteiger partial charge on any atom is 0.224 e. The quantitative estimate of drug-likeness (QED) is 0.908. The van der Waals surface area contributed by atoms with E-state index in [0.29, 0.717) is 6.42 Å². The average Bonchev–Trinajstić information content (AvgIpc) is 2.87. The summed E-state index contributed by atoms with van der Waals surface area (Å²) in [5.41, 5.74) is 11.0. The summed E-state index contributed by atoms with van der Waals surface area (Å²) in [6.07, 6.45) is 2.68. The Kier molecular flexibility index (Phi) is 4.25. The molecule has 2 N–H and O–H groups in total. The number of hydrogen-bond donors (Lipinski definition) is 1. The maximum absolute atomic E-state index is 12.1. The van der Waals surface area contributed by atoms with Crippen LogP contribution >= 0.6 is 0 Å². The molecule has 0 aliphatic carbocycles. The van der Waals surface area contributed by atoms with Crippen LogP contribution in [0.2, 0.25) is 0 Å². The van der Waals surface area contributed by atoms with Gasteiger partial charge >= 0.3 is 0 Å². The van der Waals surface area contributed by atoms with Crippen LogP contribution in [0.25, 0.3) is 0 Å². The summed E-state index contributed by atoms with van der Waals surface area (Å²) in [4.78, 5) is 14.1. The van der Waals surface area contributed by atoms with Gasteiger partial charge in [-0.3, -0.25) is 4.79 Å². The number of nitrogens with zero attached hydrogens (tertiary/aromatic N) is 1. The molecule has 1 atom stereocenters. The van der Waals surface area contributed by atoms with Gasteiger partial charge in [0.25, 0.3) is 0 Å². The van der Waals surface area contributed by atoms with Crippen molar-refractivity contribution in [1.82, 2.24) is 4.90 Å². The molecular weight excluding hydrogens is 236 g/mol. The Morgan fingerprint density at radius 3 is 2.37 bits per heavy atom. The Bertz CT molecular complexity index is 476. The van der Waals surface area contributed by atoms with Crippen molar-refractivity contribution in [2.45, 2.75) is 46.1 Å². The number of aryl methyl sites for hydroxylation is 3. The Morgan fingerprint density at radius 2 is 1.74 bits per heavy atom. The molecule has 104 valence electrons. The van der Waals surface area contributed by atoms with Gasteiger partial charge in [-0.25, -0.2) is 0 Å². The second-order valence-electron chi connectivity index (χ2n) is 5.69. The van der Waals surface area contributed by atoms with Crippen LogP contribution in [0.5, 0.6) is 0 Å². The number of carbonyl (C=O) groups is 1. The molecule has 3 heteroatoms. The minimum absolute atomic E-state index is 0.188. The van der Waals surface area contributed by atoms with E-state index in [-0.39, 0.29) is 11.9 Å². The fourth-order valence-corrected chi connectivity index (χ4v) is 2.78. The first-order chi connectivity index (χ1) is 8.99. The molecule has 0 saturated carbocycles. The van der Waals surface area contributed by atoms with Crippen molar-refractivity contribution in [3.63, 3.8) is 0 Å². The number of amides is 1. The van der Waals surface area contributed by atoms with Gasteiger partial charge in [-0.2, -0.15) is 0 Å². The van der Waals surface area contributed by atoms with E-state index in [1.54, 1.807) is 0 Å². The van der Waals surface area contributed by atoms with Crippen molar-refractivity contribution >= 4 is 5.91 Å². The van der Waals surface area contributed by atoms with E-state index >= 15 is 0 Å². The molecule has 1 saturated heterocycles. The highest BCUT2D eigenvalue weighted by atomic mass is 16.2. The lowest BCUT2D eigenvalue weighted by Gasteiger charge is -2.20. The summed E-state index contributed by atoms with van der Waals surface area (Å²) in [5, 5.41) is 0. The lowest BCUT2D eigenvalue weighted by Crippen LogP contribution is -2.30. The summed E-state index contributed by atoms with van der Waals surface area (Å²) < 4.78 is 0. The van der Waals surface area contributed by atoms with Crippen LogP contribution in [0, 0.1) is 20.8 Å². The predicted octanol–water partition coefficient (Wildman–Crippen LogP) is 2.62. The van der Waals surface area contributed by atoms with E-state index in [1.165, 1.54) is 16.7 Å². The number of likely N-dealkylation sites (tertiary alicyclic amines) is 1. The molecule has 0 bridgehead atoms. The second-order valence-corrected chi connectivity index (χ2v) is 5.69. The molecule has 0 spiro atoms. The van der Waals surface area contributed by atoms with Gasteiger partial charge in [0.15, 0.2) is 0 Å². The molecule has 1 aromatic rings. The number of nitrogens with two attached hydrogens (primary N) is 1. The van der Waals surface area contributed by atoms with Crippen LogP contribution in [-0.2, 0) is 4.79 Å². The van der Waals surface area contributed by atoms with Gasteiger partial charge in [-0.15, -0.1) is 0 Å². The number of rotatable bonds is 3. The molecule has 0 aromatic heterocycles. The van der Waals surface area contributed by atoms with Crippen molar-refractivity contribution < 1.29 is 4.79 Å². The zero-order chi connectivity index (χ0) is 14.0. The fourth-order valence-electron chi connectivity index (χ4n) is 2.78. The van der Waals surface area contributed by atoms with Crippen LogP contribution < -0.4 is 5.73 Å². The summed E-state index contributed by atoms with van der Waals surface area (Å²) in [6.45, 7) is 8.07. The molecule has 1 amide bonds. The highest BCUT2D eigenvalue weighted by molar-refractivity contribution is 5.77. The fraction of sp³-hybridized carbons (Fsp3) is 0.562. The van der Waals surface area contributed by atoms with Crippen molar-refractivity contribution in [1.29, 1.82) is 0 Å². The highest BCUT2D eigenvalue weighted by Gasteiger charge is 2.21. The first-order valence-corrected chi connectivity index (χ1v) is 7.10. The van der Waals surface area contributed by atoms with E-state index < -0.39 is 0 Å². The zero-order valence-electron chi connectivity index (χ0n) is 12.2. The van der Waals surface area contributed by atoms with Crippen molar-refractivity contribution in [3.05, 3.63) is 34.4 Å². The zero-order valence-corrected chi connectivity index (χ0v) is 12.2. The lowest BCUT2D eigenvalue weighted by atomic mass is 9.94. The van der Waals surface area contributed by atoms with Crippen LogP contribution in [0.4, 0.5) is 0 Å². The molecule has 19 heavy (non-hydrogen) atoms. The van der Waals surface area contributed by atoms with Crippen LogP contribution in [0.1, 0.15) is 47.6 Å². The molecular formula is C16H24N2O. The summed E-state index contributed by atoms with van der Waals surface area (Å²) in [6, 6.07) is 4.10. The minimum atomic E-state index is -0.188. The summed E-state index contributed by atoms with van der Waals surface area (Å²) >= 11 is 0. The first kappa shape index (κ1) is 14.1. The molecule has 1 aliphatic rings. The van der Waals surface area contributed by atoms with E-state index in [4.69, 9.17) is 5.73 Å². The van der Waals surface area contributed by atoms with Crippen molar-refractivity contribution in [2.24, 2.45) is 5.73 Å². The maximum atomic E-state index is 12.1. The predicted molar refractivity (Wildman–Crippen MR) is 78.0 cm³/mol. The molecule has 1 fully saturated rings. The van der Waals surface area contributed by atoms with E-state index in [1.807, 2.05) is 4.90 Å². The molecule has 3 nitrogen and oxygen atoms in total. The Morgan fingerprint density at radius 1 is 1.16 bits per heavy atom. The van der Waals surface area contributed by atoms with Gasteiger partial charge in [-0.05, 0) is 55.9 Å². The van der Waals surface area contributed by atoms with Gasteiger partial charge in [0.1, 0.15) is 0 Å². The van der Waals surface area contributed by atoms with Crippen LogP contribution in [-0.4, -0.2) is 23.9 Å². The third kappa shape index (κ3) is 3.16. The molecule has 0 radical (unpaired) electrons. The van der Waals surface area contributed by atoms with E-state index in [0.717, 1.165) is 31.5 Å². The smallest absolute Gasteiger partial charge is 0.224 e. The van der Waals surface area contributed by atoms with Crippen LogP contribution in [0.3, 0.4) is 0 Å². The van der Waals surface area contributed by atoms with Gasteiger partial charge in [-0.1, -0.05) is 12.1 Å². The van der Waals surface area contributed by atoms with Crippen molar-refractivity contribution in [3.8, 4) is 0 Å². The second kappa shape index (κ2) is 5.74. The van der Waals surface area contributed by atoms with Gasteiger partial charge in [0, 0.05) is 25.6 Å². The van der Waals surface area contributed by atoms with Crippen molar-refractivity contribution in [2.75, 3.05) is 13.1 Å². The van der Waals surface area contributed by atoms with Gasteiger partial charge < -0.3 is 10.6 Å². The van der Waals surface area contributed by atoms with Crippen LogP contribution in [0.15, 0.2) is 12.1 Å². The normalized spacial score (nSPS) is 16.7. The monoisotopic (exact) mass is 260 g/mol. The third-order valence-corrected chi connectivity index (χ3v) is 4.14. The lowest BCUT2D eigenvalue weighted by molar-refractivity contribution is -0.130. The third-order valence-electron chi connectivity index (χ3n) is 4.14. The molecule has 2 rings (SSSR count).